The van der Waals surface area contributed by atoms with Gasteiger partial charge in [-0.15, -0.1) is 0 Å². The molecule has 1 heterocycles. The molecule has 0 saturated heterocycles. The van der Waals surface area contributed by atoms with Gasteiger partial charge in [0, 0.05) is 16.4 Å². The highest BCUT2D eigenvalue weighted by Crippen LogP contribution is 2.33. The first-order valence-electron chi connectivity index (χ1n) is 7.11. The second-order valence-electron chi connectivity index (χ2n) is 5.16. The van der Waals surface area contributed by atoms with Gasteiger partial charge in [-0.25, -0.2) is 4.98 Å². The van der Waals surface area contributed by atoms with Crippen molar-refractivity contribution in [2.75, 3.05) is 0 Å². The molecule has 1 N–H and O–H groups in total. The summed E-state index contributed by atoms with van der Waals surface area (Å²) in [6.45, 7) is 4.36. The van der Waals surface area contributed by atoms with Crippen molar-refractivity contribution in [2.24, 2.45) is 0 Å². The first kappa shape index (κ1) is 14.0. The Morgan fingerprint density at radius 1 is 0.857 bits per heavy atom. The van der Waals surface area contributed by atoms with Crippen LogP contribution in [0.25, 0.3) is 22.5 Å². The van der Waals surface area contributed by atoms with E-state index < -0.39 is 0 Å². The van der Waals surface area contributed by atoms with Crippen molar-refractivity contribution < 1.29 is 0 Å². The van der Waals surface area contributed by atoms with Gasteiger partial charge < -0.3 is 4.98 Å². The number of thioether (sulfide) groups is 1. The highest BCUT2D eigenvalue weighted by Gasteiger charge is 2.14. The third-order valence-electron chi connectivity index (χ3n) is 3.14. The molecule has 0 fully saturated rings. The Hall–Kier alpha value is -2.00. The molecule has 0 spiro atoms. The van der Waals surface area contributed by atoms with Gasteiger partial charge in [-0.05, 0) is 0 Å². The molecular weight excluding hydrogens is 276 g/mol. The van der Waals surface area contributed by atoms with E-state index in [-0.39, 0.29) is 0 Å². The third-order valence-corrected chi connectivity index (χ3v) is 4.03. The molecule has 1 aromatic heterocycles. The Bertz CT molecular complexity index is 646. The van der Waals surface area contributed by atoms with E-state index in [9.17, 15) is 0 Å². The molecule has 0 unspecified atom stereocenters. The van der Waals surface area contributed by atoms with Gasteiger partial charge in [0.1, 0.15) is 0 Å². The molecule has 0 aliphatic rings. The number of aromatic nitrogens is 2. The maximum Gasteiger partial charge on any atom is 0.166 e. The van der Waals surface area contributed by atoms with Gasteiger partial charge in [0.15, 0.2) is 5.16 Å². The van der Waals surface area contributed by atoms with Gasteiger partial charge in [0.2, 0.25) is 0 Å². The van der Waals surface area contributed by atoms with Gasteiger partial charge in [0.05, 0.1) is 11.4 Å². The monoisotopic (exact) mass is 294 g/mol. The van der Waals surface area contributed by atoms with Crippen LogP contribution in [0.2, 0.25) is 0 Å². The molecule has 2 nitrogen and oxygen atoms in total. The minimum Gasteiger partial charge on any atom is -0.332 e. The number of aromatic amines is 1. The molecule has 0 aliphatic carbocycles. The smallest absolute Gasteiger partial charge is 0.166 e. The van der Waals surface area contributed by atoms with Crippen LogP contribution in [0.1, 0.15) is 13.8 Å². The average molecular weight is 294 g/mol. The molecule has 0 bridgehead atoms. The van der Waals surface area contributed by atoms with Crippen molar-refractivity contribution in [3.8, 4) is 22.5 Å². The van der Waals surface area contributed by atoms with Gasteiger partial charge in [0.25, 0.3) is 0 Å². The van der Waals surface area contributed by atoms with Crippen LogP contribution < -0.4 is 0 Å². The second-order valence-corrected chi connectivity index (χ2v) is 6.73. The number of nitrogens with zero attached hydrogens (tertiary/aromatic N) is 1. The lowest BCUT2D eigenvalue weighted by Crippen LogP contribution is -1.87. The van der Waals surface area contributed by atoms with Gasteiger partial charge >= 0.3 is 0 Å². The topological polar surface area (TPSA) is 28.7 Å². The van der Waals surface area contributed by atoms with E-state index in [1.165, 1.54) is 5.56 Å². The first-order valence-corrected chi connectivity index (χ1v) is 7.99. The molecule has 2 aromatic carbocycles. The summed E-state index contributed by atoms with van der Waals surface area (Å²) in [6, 6.07) is 20.7. The summed E-state index contributed by atoms with van der Waals surface area (Å²) in [7, 11) is 0. The maximum atomic E-state index is 4.80. The Kier molecular flexibility index (Phi) is 4.11. The molecular formula is C18H18N2S. The zero-order chi connectivity index (χ0) is 14.7. The minimum atomic E-state index is 0.503. The van der Waals surface area contributed by atoms with Crippen LogP contribution in [0.15, 0.2) is 65.8 Å². The molecule has 0 amide bonds. The molecule has 21 heavy (non-hydrogen) atoms. The van der Waals surface area contributed by atoms with Crippen molar-refractivity contribution in [3.63, 3.8) is 0 Å². The molecule has 0 saturated carbocycles. The van der Waals surface area contributed by atoms with Crippen LogP contribution in [-0.2, 0) is 0 Å². The van der Waals surface area contributed by atoms with Gasteiger partial charge in [-0.3, -0.25) is 0 Å². The third kappa shape index (κ3) is 3.19. The van der Waals surface area contributed by atoms with E-state index in [1.807, 2.05) is 24.3 Å². The summed E-state index contributed by atoms with van der Waals surface area (Å²) in [5.41, 5.74) is 4.41. The fourth-order valence-corrected chi connectivity index (χ4v) is 3.00. The first-order chi connectivity index (χ1) is 10.2. The molecule has 106 valence electrons. The van der Waals surface area contributed by atoms with E-state index in [2.05, 4.69) is 55.2 Å². The molecule has 0 radical (unpaired) electrons. The number of hydrogen-bond donors (Lipinski definition) is 1. The Morgan fingerprint density at radius 3 is 2.00 bits per heavy atom. The predicted molar refractivity (Wildman–Crippen MR) is 90.5 cm³/mol. The fourth-order valence-electron chi connectivity index (χ4n) is 2.25. The van der Waals surface area contributed by atoms with Crippen molar-refractivity contribution in [3.05, 3.63) is 60.7 Å². The lowest BCUT2D eigenvalue weighted by molar-refractivity contribution is 1.03. The number of hydrogen-bond acceptors (Lipinski definition) is 2. The lowest BCUT2D eigenvalue weighted by atomic mass is 10.1. The fraction of sp³-hybridized carbons (Fsp3) is 0.167. The summed E-state index contributed by atoms with van der Waals surface area (Å²) >= 11 is 1.76. The largest absolute Gasteiger partial charge is 0.332 e. The highest BCUT2D eigenvalue weighted by atomic mass is 32.2. The SMILES string of the molecule is CC(C)Sc1nc(-c2ccccc2)c(-c2ccccc2)[nH]1. The summed E-state index contributed by atoms with van der Waals surface area (Å²) in [5.74, 6) is 0. The van der Waals surface area contributed by atoms with E-state index in [0.29, 0.717) is 5.25 Å². The Balaban J connectivity index is 2.11. The minimum absolute atomic E-state index is 0.503. The molecule has 3 heteroatoms. The van der Waals surface area contributed by atoms with Gasteiger partial charge in [-0.2, -0.15) is 0 Å². The van der Waals surface area contributed by atoms with E-state index in [4.69, 9.17) is 4.98 Å². The van der Waals surface area contributed by atoms with Crippen molar-refractivity contribution in [1.82, 2.24) is 9.97 Å². The number of H-pyrrole nitrogens is 1. The molecule has 0 aliphatic heterocycles. The zero-order valence-corrected chi connectivity index (χ0v) is 13.0. The van der Waals surface area contributed by atoms with Crippen molar-refractivity contribution in [2.45, 2.75) is 24.3 Å². The van der Waals surface area contributed by atoms with Crippen LogP contribution in [0.4, 0.5) is 0 Å². The second kappa shape index (κ2) is 6.19. The van der Waals surface area contributed by atoms with Crippen LogP contribution in [-0.4, -0.2) is 15.2 Å². The normalized spacial score (nSPS) is 11.0. The number of imidazole rings is 1. The predicted octanol–water partition coefficient (Wildman–Crippen LogP) is 5.24. The van der Waals surface area contributed by atoms with E-state index in [0.717, 1.165) is 22.1 Å². The summed E-state index contributed by atoms with van der Waals surface area (Å²) in [4.78, 5) is 8.28. The lowest BCUT2D eigenvalue weighted by Gasteiger charge is -2.02. The van der Waals surface area contributed by atoms with E-state index >= 15 is 0 Å². The van der Waals surface area contributed by atoms with Crippen molar-refractivity contribution >= 4 is 11.8 Å². The van der Waals surface area contributed by atoms with E-state index in [1.54, 1.807) is 11.8 Å². The summed E-state index contributed by atoms with van der Waals surface area (Å²) in [5, 5.41) is 1.48. The standard InChI is InChI=1S/C18H18N2S/c1-13(2)21-18-19-16(14-9-5-3-6-10-14)17(20-18)15-11-7-4-8-12-15/h3-13H,1-2H3,(H,19,20). The van der Waals surface area contributed by atoms with Crippen LogP contribution >= 0.6 is 11.8 Å². The van der Waals surface area contributed by atoms with Crippen molar-refractivity contribution in [1.29, 1.82) is 0 Å². The zero-order valence-electron chi connectivity index (χ0n) is 12.2. The number of nitrogens with one attached hydrogen (secondary N) is 1. The van der Waals surface area contributed by atoms with Crippen LogP contribution in [0.5, 0.6) is 0 Å². The summed E-state index contributed by atoms with van der Waals surface area (Å²) in [6.07, 6.45) is 0. The molecule has 0 atom stereocenters. The van der Waals surface area contributed by atoms with Gasteiger partial charge in [-0.1, -0.05) is 86.3 Å². The molecule has 3 aromatic rings. The van der Waals surface area contributed by atoms with Crippen LogP contribution in [0.3, 0.4) is 0 Å². The number of rotatable bonds is 4. The summed E-state index contributed by atoms with van der Waals surface area (Å²) < 4.78 is 0. The quantitative estimate of drug-likeness (QED) is 0.666. The molecule has 3 rings (SSSR count). The van der Waals surface area contributed by atoms with Crippen LogP contribution in [0, 0.1) is 0 Å². The Morgan fingerprint density at radius 2 is 1.43 bits per heavy atom. The number of benzene rings is 2. The maximum absolute atomic E-state index is 4.80. The Labute approximate surface area is 129 Å². The highest BCUT2D eigenvalue weighted by molar-refractivity contribution is 7.99. The average Bonchev–Trinajstić information content (AvgIpc) is 2.92.